The van der Waals surface area contributed by atoms with Crippen LogP contribution in [0.4, 0.5) is 5.69 Å². The number of benzene rings is 1. The molecule has 1 aromatic carbocycles. The van der Waals surface area contributed by atoms with E-state index in [9.17, 15) is 15.2 Å². The van der Waals surface area contributed by atoms with Gasteiger partial charge in [0, 0.05) is 37.0 Å². The molecule has 27 heavy (non-hydrogen) atoms. The number of carboxylic acids is 1. The molecular formula is C17H14N4O5S. The summed E-state index contributed by atoms with van der Waals surface area (Å²) in [6.45, 7) is 1.08. The largest absolute Gasteiger partial charge is 0.481 e. The average Bonchev–Trinajstić information content (AvgIpc) is 3.28. The van der Waals surface area contributed by atoms with Crippen LogP contribution in [0.15, 0.2) is 53.1 Å². The van der Waals surface area contributed by atoms with Crippen molar-refractivity contribution in [3.8, 4) is 5.69 Å². The maximum Gasteiger partial charge on any atom is 0.300 e. The molecular weight excluding hydrogens is 372 g/mol. The third-order valence-electron chi connectivity index (χ3n) is 3.61. The second kappa shape index (κ2) is 7.48. The number of thiophene rings is 1. The number of nitrogens with zero attached hydrogens (tertiary/aromatic N) is 4. The number of carbonyl (C=O) groups is 1. The van der Waals surface area contributed by atoms with E-state index >= 15 is 0 Å². The highest BCUT2D eigenvalue weighted by molar-refractivity contribution is 7.12. The predicted molar refractivity (Wildman–Crippen MR) is 98.4 cm³/mol. The van der Waals surface area contributed by atoms with E-state index < -0.39 is 17.1 Å². The number of nitro benzene ring substituents is 1. The fraction of sp³-hybridized carbons (Fsp3) is 0.118. The Morgan fingerprint density at radius 2 is 2.11 bits per heavy atom. The molecule has 0 radical (unpaired) electrons. The number of aliphatic hydroxyl groups excluding tert-OH is 1. The van der Waals surface area contributed by atoms with Gasteiger partial charge in [0.15, 0.2) is 5.82 Å². The predicted octanol–water partition coefficient (Wildman–Crippen LogP) is 2.77. The SMILES string of the molecule is CC(=O)O.O=[N+]([O-])c1ccc2c(c1)C(c1cccs1)=NC(O)c1nccn1-2. The van der Waals surface area contributed by atoms with Gasteiger partial charge < -0.3 is 10.2 Å². The van der Waals surface area contributed by atoms with Gasteiger partial charge in [-0.05, 0) is 17.5 Å². The van der Waals surface area contributed by atoms with Crippen molar-refractivity contribution in [2.75, 3.05) is 0 Å². The van der Waals surface area contributed by atoms with Gasteiger partial charge >= 0.3 is 0 Å². The number of rotatable bonds is 2. The van der Waals surface area contributed by atoms with Crippen molar-refractivity contribution < 1.29 is 19.9 Å². The summed E-state index contributed by atoms with van der Waals surface area (Å²) >= 11 is 1.46. The van der Waals surface area contributed by atoms with E-state index in [1.54, 1.807) is 23.0 Å². The Morgan fingerprint density at radius 1 is 1.37 bits per heavy atom. The number of hydrogen-bond donors (Lipinski definition) is 2. The maximum atomic E-state index is 11.1. The molecule has 0 amide bonds. The van der Waals surface area contributed by atoms with Crippen LogP contribution in [0.1, 0.15) is 29.4 Å². The molecule has 138 valence electrons. The molecule has 0 aliphatic carbocycles. The Labute approximate surface area is 157 Å². The lowest BCUT2D eigenvalue weighted by molar-refractivity contribution is -0.384. The van der Waals surface area contributed by atoms with Crippen LogP contribution in [0.2, 0.25) is 0 Å². The first-order valence-electron chi connectivity index (χ1n) is 7.70. The topological polar surface area (TPSA) is 131 Å². The summed E-state index contributed by atoms with van der Waals surface area (Å²) in [5, 5.41) is 30.8. The minimum Gasteiger partial charge on any atom is -0.481 e. The molecule has 2 N–H and O–H groups in total. The number of nitro groups is 1. The first-order chi connectivity index (χ1) is 12.9. The van der Waals surface area contributed by atoms with Gasteiger partial charge in [0.05, 0.1) is 21.2 Å². The van der Waals surface area contributed by atoms with Gasteiger partial charge in [-0.1, -0.05) is 6.07 Å². The van der Waals surface area contributed by atoms with Crippen molar-refractivity contribution in [2.24, 2.45) is 4.99 Å². The molecule has 3 heterocycles. The zero-order valence-corrected chi connectivity index (χ0v) is 14.8. The molecule has 4 rings (SSSR count). The van der Waals surface area contributed by atoms with Crippen molar-refractivity contribution in [3.05, 3.63) is 74.5 Å². The number of aliphatic hydroxyl groups is 1. The fourth-order valence-electron chi connectivity index (χ4n) is 2.61. The molecule has 1 aliphatic rings. The van der Waals surface area contributed by atoms with E-state index in [1.165, 1.54) is 23.5 Å². The number of aromatic nitrogens is 2. The summed E-state index contributed by atoms with van der Waals surface area (Å²) in [5.74, 6) is -0.452. The second-order valence-corrected chi connectivity index (χ2v) is 6.41. The maximum absolute atomic E-state index is 11.1. The van der Waals surface area contributed by atoms with E-state index in [1.807, 2.05) is 17.5 Å². The van der Waals surface area contributed by atoms with Crippen LogP contribution in [-0.4, -0.2) is 36.4 Å². The Morgan fingerprint density at radius 3 is 2.74 bits per heavy atom. The van der Waals surface area contributed by atoms with Crippen molar-refractivity contribution in [3.63, 3.8) is 0 Å². The molecule has 9 nitrogen and oxygen atoms in total. The number of non-ortho nitro benzene ring substituents is 1. The minimum atomic E-state index is -1.13. The fourth-order valence-corrected chi connectivity index (χ4v) is 3.34. The quantitative estimate of drug-likeness (QED) is 0.514. The molecule has 3 aromatic rings. The van der Waals surface area contributed by atoms with Crippen molar-refractivity contribution in [1.29, 1.82) is 0 Å². The molecule has 10 heteroatoms. The highest BCUT2D eigenvalue weighted by Crippen LogP contribution is 2.32. The van der Waals surface area contributed by atoms with Crippen LogP contribution >= 0.6 is 11.3 Å². The van der Waals surface area contributed by atoms with Gasteiger partial charge in [0.2, 0.25) is 6.23 Å². The van der Waals surface area contributed by atoms with Gasteiger partial charge in [0.1, 0.15) is 0 Å². The van der Waals surface area contributed by atoms with E-state index in [0.29, 0.717) is 22.8 Å². The molecule has 1 aliphatic heterocycles. The molecule has 0 fully saturated rings. The summed E-state index contributed by atoms with van der Waals surface area (Å²) in [6.07, 6.45) is 2.14. The second-order valence-electron chi connectivity index (χ2n) is 5.46. The third-order valence-corrected chi connectivity index (χ3v) is 4.49. The smallest absolute Gasteiger partial charge is 0.300 e. The van der Waals surface area contributed by atoms with Crippen LogP contribution in [0.3, 0.4) is 0 Å². The Balaban J connectivity index is 0.000000481. The number of fused-ring (bicyclic) bond motifs is 3. The molecule has 1 unspecified atom stereocenters. The van der Waals surface area contributed by atoms with Crippen LogP contribution in [0.25, 0.3) is 5.69 Å². The summed E-state index contributed by atoms with van der Waals surface area (Å²) in [5.41, 5.74) is 1.80. The summed E-state index contributed by atoms with van der Waals surface area (Å²) in [7, 11) is 0. The van der Waals surface area contributed by atoms with E-state index in [0.717, 1.165) is 11.8 Å². The van der Waals surface area contributed by atoms with E-state index in [2.05, 4.69) is 9.98 Å². The first-order valence-corrected chi connectivity index (χ1v) is 8.58. The first kappa shape index (κ1) is 18.4. The number of imidazole rings is 1. The van der Waals surface area contributed by atoms with Crippen LogP contribution in [0.5, 0.6) is 0 Å². The van der Waals surface area contributed by atoms with Gasteiger partial charge in [-0.2, -0.15) is 0 Å². The van der Waals surface area contributed by atoms with Crippen LogP contribution < -0.4 is 0 Å². The van der Waals surface area contributed by atoms with Gasteiger partial charge in [-0.15, -0.1) is 11.3 Å². The zero-order chi connectivity index (χ0) is 19.6. The Kier molecular flexibility index (Phi) is 5.10. The minimum absolute atomic E-state index is 0.0222. The van der Waals surface area contributed by atoms with Crippen molar-refractivity contribution in [2.45, 2.75) is 13.2 Å². The number of aliphatic carboxylic acids is 1. The number of carboxylic acid groups (broad SMARTS) is 1. The van der Waals surface area contributed by atoms with E-state index in [-0.39, 0.29) is 5.69 Å². The number of hydrogen-bond acceptors (Lipinski definition) is 7. The monoisotopic (exact) mass is 386 g/mol. The summed E-state index contributed by atoms with van der Waals surface area (Å²) in [6, 6.07) is 8.31. The Hall–Kier alpha value is -3.37. The lowest BCUT2D eigenvalue weighted by atomic mass is 10.1. The zero-order valence-electron chi connectivity index (χ0n) is 14.0. The van der Waals surface area contributed by atoms with Gasteiger partial charge in [-0.3, -0.25) is 19.5 Å². The molecule has 0 saturated carbocycles. The highest BCUT2D eigenvalue weighted by atomic mass is 32.1. The Bertz CT molecular complexity index is 1020. The standard InChI is InChI=1S/C15H10N4O3S.C2H4O2/c20-15-14-16-5-6-18(14)11-4-3-9(19(21)22)8-10(11)13(17-15)12-2-1-7-23-12;1-2(3)4/h1-8,15,20H;1H3,(H,3,4). The van der Waals surface area contributed by atoms with E-state index in [4.69, 9.17) is 9.90 Å². The normalized spacial score (nSPS) is 14.7. The molecule has 0 spiro atoms. The molecule has 1 atom stereocenters. The molecule has 0 saturated heterocycles. The summed E-state index contributed by atoms with van der Waals surface area (Å²) in [4.78, 5) is 29.0. The van der Waals surface area contributed by atoms with Crippen molar-refractivity contribution >= 4 is 28.7 Å². The lowest BCUT2D eigenvalue weighted by Gasteiger charge is -2.10. The molecule has 2 aromatic heterocycles. The van der Waals surface area contributed by atoms with Crippen molar-refractivity contribution in [1.82, 2.24) is 9.55 Å². The third kappa shape index (κ3) is 3.76. The van der Waals surface area contributed by atoms with Crippen LogP contribution in [-0.2, 0) is 4.79 Å². The van der Waals surface area contributed by atoms with Gasteiger partial charge in [0.25, 0.3) is 11.7 Å². The molecule has 0 bridgehead atoms. The summed E-state index contributed by atoms with van der Waals surface area (Å²) < 4.78 is 1.70. The average molecular weight is 386 g/mol. The highest BCUT2D eigenvalue weighted by Gasteiger charge is 2.26. The van der Waals surface area contributed by atoms with Gasteiger partial charge in [-0.25, -0.2) is 9.98 Å². The lowest BCUT2D eigenvalue weighted by Crippen LogP contribution is -2.06. The number of aliphatic imine (C=N–C) groups is 1. The van der Waals surface area contributed by atoms with Crippen LogP contribution in [0, 0.1) is 10.1 Å².